The van der Waals surface area contributed by atoms with E-state index in [0.717, 1.165) is 5.56 Å². The van der Waals surface area contributed by atoms with Crippen LogP contribution in [0.3, 0.4) is 0 Å². The van der Waals surface area contributed by atoms with Gasteiger partial charge in [0.1, 0.15) is 17.3 Å². The van der Waals surface area contributed by atoms with Gasteiger partial charge in [-0.3, -0.25) is 9.59 Å². The zero-order chi connectivity index (χ0) is 25.9. The number of hydrogen-bond donors (Lipinski definition) is 1. The second-order valence-corrected chi connectivity index (χ2v) is 9.85. The number of aliphatic hydroxyl groups excluding tert-OH is 1. The molecule has 0 spiro atoms. The van der Waals surface area contributed by atoms with Gasteiger partial charge in [0, 0.05) is 17.7 Å². The number of aliphatic hydroxyl groups is 1. The molecule has 35 heavy (non-hydrogen) atoms. The molecule has 2 aromatic rings. The lowest BCUT2D eigenvalue weighted by Gasteiger charge is -2.26. The first-order valence-corrected chi connectivity index (χ1v) is 11.7. The van der Waals surface area contributed by atoms with Crippen LogP contribution in [0.2, 0.25) is 0 Å². The Morgan fingerprint density at radius 3 is 2.37 bits per heavy atom. The minimum atomic E-state index is -0.777. The molecule has 1 aliphatic rings. The van der Waals surface area contributed by atoms with Crippen LogP contribution in [0.25, 0.3) is 5.76 Å². The van der Waals surface area contributed by atoms with E-state index in [0.29, 0.717) is 22.6 Å². The van der Waals surface area contributed by atoms with Gasteiger partial charge >= 0.3 is 0 Å². The highest BCUT2D eigenvalue weighted by Crippen LogP contribution is 2.41. The van der Waals surface area contributed by atoms with Gasteiger partial charge in [-0.25, -0.2) is 0 Å². The summed E-state index contributed by atoms with van der Waals surface area (Å²) in [6.45, 7) is 10.4. The maximum Gasteiger partial charge on any atom is 0.295 e. The summed E-state index contributed by atoms with van der Waals surface area (Å²) < 4.78 is 16.5. The molecule has 1 unspecified atom stereocenters. The number of rotatable bonds is 8. The van der Waals surface area contributed by atoms with Crippen LogP contribution < -0.4 is 9.47 Å². The van der Waals surface area contributed by atoms with Crippen LogP contribution in [0, 0.1) is 0 Å². The number of ketones is 1. The lowest BCUT2D eigenvalue weighted by Crippen LogP contribution is -2.33. The fourth-order valence-corrected chi connectivity index (χ4v) is 4.25. The van der Waals surface area contributed by atoms with Crippen molar-refractivity contribution in [3.8, 4) is 11.5 Å². The van der Waals surface area contributed by atoms with Crippen molar-refractivity contribution >= 4 is 17.4 Å². The predicted molar refractivity (Wildman–Crippen MR) is 135 cm³/mol. The molecule has 0 aliphatic carbocycles. The zero-order valence-corrected chi connectivity index (χ0v) is 21.5. The van der Waals surface area contributed by atoms with E-state index in [1.807, 2.05) is 46.8 Å². The molecule has 1 N–H and O–H groups in total. The van der Waals surface area contributed by atoms with Crippen molar-refractivity contribution in [2.45, 2.75) is 52.2 Å². The molecule has 1 atom stereocenters. The molecule has 0 aromatic heterocycles. The van der Waals surface area contributed by atoms with Crippen molar-refractivity contribution in [1.29, 1.82) is 0 Å². The standard InChI is InChI=1S/C28H35NO6/c1-17(2)35-14-13-29-24(18-9-8-10-20(15-18)33-6)23(26(31)27(29)32)25(30)19-11-12-22(34-7)21(16-19)28(3,4)5/h8-12,15-17,24,30H,13-14H2,1-7H3/b25-23-. The summed E-state index contributed by atoms with van der Waals surface area (Å²) in [6, 6.07) is 11.7. The van der Waals surface area contributed by atoms with Crippen LogP contribution in [0.15, 0.2) is 48.0 Å². The van der Waals surface area contributed by atoms with E-state index in [2.05, 4.69) is 0 Å². The molecular formula is C28H35NO6. The number of amides is 1. The smallest absolute Gasteiger partial charge is 0.295 e. The van der Waals surface area contributed by atoms with E-state index in [1.54, 1.807) is 44.6 Å². The molecule has 2 aromatic carbocycles. The van der Waals surface area contributed by atoms with E-state index in [4.69, 9.17) is 14.2 Å². The van der Waals surface area contributed by atoms with Crippen LogP contribution in [0.1, 0.15) is 57.4 Å². The molecule has 1 amide bonds. The summed E-state index contributed by atoms with van der Waals surface area (Å²) in [5, 5.41) is 11.4. The first-order chi connectivity index (χ1) is 16.5. The number of carbonyl (C=O) groups is 2. The van der Waals surface area contributed by atoms with Crippen molar-refractivity contribution in [1.82, 2.24) is 4.90 Å². The zero-order valence-electron chi connectivity index (χ0n) is 21.5. The number of hydrogen-bond acceptors (Lipinski definition) is 6. The summed E-state index contributed by atoms with van der Waals surface area (Å²) in [4.78, 5) is 27.8. The van der Waals surface area contributed by atoms with Crippen LogP contribution in [-0.2, 0) is 19.7 Å². The molecule has 1 heterocycles. The van der Waals surface area contributed by atoms with E-state index < -0.39 is 17.7 Å². The van der Waals surface area contributed by atoms with Gasteiger partial charge in [-0.05, 0) is 55.2 Å². The Labute approximate surface area is 207 Å². The van der Waals surface area contributed by atoms with E-state index in [9.17, 15) is 14.7 Å². The van der Waals surface area contributed by atoms with Crippen LogP contribution >= 0.6 is 0 Å². The summed E-state index contributed by atoms with van der Waals surface area (Å²) in [5.41, 5.74) is 1.76. The fourth-order valence-electron chi connectivity index (χ4n) is 4.25. The highest BCUT2D eigenvalue weighted by Gasteiger charge is 2.46. The number of nitrogens with zero attached hydrogens (tertiary/aromatic N) is 1. The highest BCUT2D eigenvalue weighted by molar-refractivity contribution is 6.46. The third-order valence-electron chi connectivity index (χ3n) is 6.01. The van der Waals surface area contributed by atoms with Gasteiger partial charge in [0.15, 0.2) is 0 Å². The largest absolute Gasteiger partial charge is 0.507 e. The first kappa shape index (κ1) is 26.3. The monoisotopic (exact) mass is 481 g/mol. The third-order valence-corrected chi connectivity index (χ3v) is 6.01. The molecule has 1 fully saturated rings. The molecule has 0 bridgehead atoms. The Bertz CT molecular complexity index is 1130. The molecule has 1 saturated heterocycles. The maximum atomic E-state index is 13.3. The SMILES string of the molecule is COc1cccc(C2/C(=C(/O)c3ccc(OC)c(C(C)(C)C)c3)C(=O)C(=O)N2CCOC(C)C)c1. The molecule has 7 heteroatoms. The van der Waals surface area contributed by atoms with Crippen LogP contribution in [0.5, 0.6) is 11.5 Å². The second kappa shape index (κ2) is 10.5. The van der Waals surface area contributed by atoms with Gasteiger partial charge in [0.05, 0.1) is 38.5 Å². The van der Waals surface area contributed by atoms with E-state index >= 15 is 0 Å². The van der Waals surface area contributed by atoms with Crippen molar-refractivity contribution in [3.05, 3.63) is 64.7 Å². The first-order valence-electron chi connectivity index (χ1n) is 11.7. The number of carbonyl (C=O) groups excluding carboxylic acids is 2. The fraction of sp³-hybridized carbons (Fsp3) is 0.429. The normalized spacial score (nSPS) is 17.8. The Balaban J connectivity index is 2.18. The Hall–Kier alpha value is -3.32. The van der Waals surface area contributed by atoms with E-state index in [1.165, 1.54) is 4.90 Å². The molecule has 0 saturated carbocycles. The summed E-state index contributed by atoms with van der Waals surface area (Å²) >= 11 is 0. The third kappa shape index (κ3) is 5.51. The molecule has 1 aliphatic heterocycles. The Morgan fingerprint density at radius 2 is 1.77 bits per heavy atom. The van der Waals surface area contributed by atoms with Gasteiger partial charge in [0.25, 0.3) is 11.7 Å². The number of benzene rings is 2. The minimum absolute atomic E-state index is 0.0165. The minimum Gasteiger partial charge on any atom is -0.507 e. The van der Waals surface area contributed by atoms with Crippen molar-refractivity contribution < 1.29 is 28.9 Å². The Morgan fingerprint density at radius 1 is 1.06 bits per heavy atom. The highest BCUT2D eigenvalue weighted by atomic mass is 16.5. The topological polar surface area (TPSA) is 85.3 Å². The van der Waals surface area contributed by atoms with Gasteiger partial charge in [-0.15, -0.1) is 0 Å². The quantitative estimate of drug-likeness (QED) is 0.330. The van der Waals surface area contributed by atoms with Gasteiger partial charge < -0.3 is 24.2 Å². The lowest BCUT2D eigenvalue weighted by molar-refractivity contribution is -0.140. The Kier molecular flexibility index (Phi) is 7.90. The van der Waals surface area contributed by atoms with Crippen molar-refractivity contribution in [3.63, 3.8) is 0 Å². The van der Waals surface area contributed by atoms with Gasteiger partial charge in [0.2, 0.25) is 0 Å². The maximum absolute atomic E-state index is 13.3. The number of likely N-dealkylation sites (tertiary alicyclic amines) is 1. The lowest BCUT2D eigenvalue weighted by atomic mass is 9.84. The number of methoxy groups -OCH3 is 2. The predicted octanol–water partition coefficient (Wildman–Crippen LogP) is 4.85. The van der Waals surface area contributed by atoms with Crippen molar-refractivity contribution in [2.24, 2.45) is 0 Å². The molecule has 7 nitrogen and oxygen atoms in total. The second-order valence-electron chi connectivity index (χ2n) is 9.85. The van der Waals surface area contributed by atoms with Crippen LogP contribution in [-0.4, -0.2) is 55.2 Å². The number of Topliss-reactive ketones (excluding diaryl/α,β-unsaturated/α-hetero) is 1. The molecule has 0 radical (unpaired) electrons. The average molecular weight is 482 g/mol. The molecule has 3 rings (SSSR count). The van der Waals surface area contributed by atoms with E-state index in [-0.39, 0.29) is 36.0 Å². The molecule has 188 valence electrons. The van der Waals surface area contributed by atoms with Gasteiger partial charge in [-0.2, -0.15) is 0 Å². The average Bonchev–Trinajstić information content (AvgIpc) is 3.07. The number of ether oxygens (including phenoxy) is 3. The summed E-state index contributed by atoms with van der Waals surface area (Å²) in [6.07, 6.45) is -0.0165. The summed E-state index contributed by atoms with van der Waals surface area (Å²) in [5.74, 6) is -0.350. The molecular weight excluding hydrogens is 446 g/mol. The van der Waals surface area contributed by atoms with Crippen LogP contribution in [0.4, 0.5) is 0 Å². The van der Waals surface area contributed by atoms with Crippen molar-refractivity contribution in [2.75, 3.05) is 27.4 Å². The summed E-state index contributed by atoms with van der Waals surface area (Å²) in [7, 11) is 3.15. The van der Waals surface area contributed by atoms with Gasteiger partial charge in [-0.1, -0.05) is 32.9 Å².